The zero-order valence-corrected chi connectivity index (χ0v) is 67.1. The average Bonchev–Trinajstić information content (AvgIpc) is 1.01. The number of carbonyl (C=O) groups excluding carboxylic acids is 7. The molecule has 7 aromatic heterocycles. The quantitative estimate of drug-likeness (QED) is 0.0235. The smallest absolute Gasteiger partial charge is 0.296 e. The Morgan fingerprint density at radius 3 is 0.421 bits per heavy atom. The van der Waals surface area contributed by atoms with Gasteiger partial charge in [-0.2, -0.15) is 0 Å². The summed E-state index contributed by atoms with van der Waals surface area (Å²) >= 11 is 0. The highest BCUT2D eigenvalue weighted by atomic mass is 16.8. The number of rotatable bonds is 21. The zero-order chi connectivity index (χ0) is 95.0. The van der Waals surface area contributed by atoms with Crippen LogP contribution in [0.3, 0.4) is 0 Å². The van der Waals surface area contributed by atoms with Crippen molar-refractivity contribution in [1.29, 1.82) is 0 Å². The molecule has 28 rings (SSSR count). The molecule has 35 atom stereocenters. The molecule has 7 aromatic rings. The van der Waals surface area contributed by atoms with Gasteiger partial charge in [0, 0.05) is 0 Å². The molecule has 0 radical (unpaired) electrons. The minimum absolute atomic E-state index is 0.595. The van der Waals surface area contributed by atoms with Crippen LogP contribution in [0.4, 0.5) is 0 Å². The summed E-state index contributed by atoms with van der Waals surface area (Å²) in [6.45, 7) is -5.87. The molecule has 0 aromatic carbocycles. The summed E-state index contributed by atoms with van der Waals surface area (Å²) in [4.78, 5) is 88.8. The van der Waals surface area contributed by atoms with Crippen LogP contribution in [-0.2, 0) is 112 Å². The van der Waals surface area contributed by atoms with Crippen molar-refractivity contribution in [3.05, 3.63) is 83.2 Å². The third-order valence-electron chi connectivity index (χ3n) is 22.2. The monoisotopic (exact) mass is 1900 g/mol. The lowest BCUT2D eigenvalue weighted by Gasteiger charge is -2.50. The van der Waals surface area contributed by atoms with Gasteiger partial charge in [-0.1, -0.05) is 36.5 Å². The molecule has 28 N–H and O–H groups in total. The Labute approximate surface area is 734 Å². The second-order valence-corrected chi connectivity index (χ2v) is 30.7. The van der Waals surface area contributed by atoms with E-state index in [1.807, 2.05) is 0 Å². The molecule has 21 saturated heterocycles. The van der Waals surface area contributed by atoms with Gasteiger partial charge in [-0.25, -0.2) is 71.1 Å². The van der Waals surface area contributed by atoms with Crippen molar-refractivity contribution >= 4 is 41.4 Å². The van der Waals surface area contributed by atoms with Crippen LogP contribution >= 0.6 is 0 Å². The number of nitrogens with zero attached hydrogens (tertiary/aromatic N) is 21. The van der Waals surface area contributed by atoms with E-state index in [0.29, 0.717) is 0 Å². The Bertz CT molecular complexity index is 4320. The molecule has 7 amide bonds. The molecule has 0 aliphatic carbocycles. The van der Waals surface area contributed by atoms with Gasteiger partial charge in [0.05, 0.1) is 89.2 Å². The van der Waals surface area contributed by atoms with E-state index >= 15 is 0 Å². The van der Waals surface area contributed by atoms with E-state index in [9.17, 15) is 142 Å². The fraction of sp³-hybridized carbons (Fsp3) is 0.667. The predicted molar refractivity (Wildman–Crippen MR) is 384 cm³/mol. The first kappa shape index (κ1) is 96.4. The van der Waals surface area contributed by atoms with Crippen LogP contribution in [0.25, 0.3) is 0 Å². The first-order chi connectivity index (χ1) is 63.7. The number of ether oxygens (including phenoxy) is 14. The highest BCUT2D eigenvalue weighted by Crippen LogP contribution is 2.41. The average molecular weight is 1910 g/mol. The number of nitrogens with one attached hydrogen (secondary N) is 7. The second-order valence-electron chi connectivity index (χ2n) is 30.7. The maximum absolute atomic E-state index is 12.7. The largest absolute Gasteiger partial charge is 0.387 e. The van der Waals surface area contributed by atoms with Crippen LogP contribution < -0.4 is 38.4 Å². The first-order valence-corrected chi connectivity index (χ1v) is 39.3. The number of carbonyl (C=O) groups is 7. The highest BCUT2D eigenvalue weighted by Gasteiger charge is 2.61. The summed E-state index contributed by atoms with van der Waals surface area (Å²) in [6, 6.07) is 0. The Morgan fingerprint density at radius 2 is 0.316 bits per heavy atom. The van der Waals surface area contributed by atoms with Crippen LogP contribution in [-0.4, -0.2) is 469 Å². The molecule has 21 aliphatic heterocycles. The maximum atomic E-state index is 12.7. The van der Waals surface area contributed by atoms with Crippen molar-refractivity contribution in [3.63, 3.8) is 0 Å². The molecule has 133 heavy (non-hydrogen) atoms. The third kappa shape index (κ3) is 20.3. The van der Waals surface area contributed by atoms with E-state index in [1.165, 1.54) is 38.4 Å². The van der Waals surface area contributed by atoms with Gasteiger partial charge in [-0.15, -0.1) is 35.7 Å². The highest BCUT2D eigenvalue weighted by molar-refractivity contribution is 5.93. The van der Waals surface area contributed by atoms with Crippen molar-refractivity contribution in [2.24, 2.45) is 0 Å². The van der Waals surface area contributed by atoms with Gasteiger partial charge in [0.1, 0.15) is 171 Å². The van der Waals surface area contributed by atoms with Crippen LogP contribution in [0.5, 0.6) is 0 Å². The Morgan fingerprint density at radius 1 is 0.203 bits per heavy atom. The summed E-state index contributed by atoms with van der Waals surface area (Å²) in [7, 11) is 0. The minimum Gasteiger partial charge on any atom is -0.387 e. The SMILES string of the molecule is O=C(NO)c1cn(C[C@H]2O[C@@H]3O[C@H]4[C@H](O)[C@@H](O)[C@@H](O[C@H]5[C@H](O)[C@@H](O)[C@@H](O[C@H]6[C@H](O)[C@@H](O)[C@@H](O[C@H]7[C@H](O)[C@@H](O)[C@@H](O[C@H]8[C@H](O)[C@@H](O)[C@@H](O[C@H]9[C@H](O)[C@@H](O)[C@@H](O[C@H]2[C@H](O)[C@H]3O)O[C@@H]9Cn2cc(C(=O)NO)nn2)O[C@@H]8Cn2cc(C(=O)NO)nn2)O[C@@H]7Cn2cc(C(=O)NO)nn2)O[C@@H]6Cn2cc(C(=O)NO)nn2)O[C@@H]5Cn2cc(C(=O)NO)nn2)O[C@@H]4Cn2cc(C(=O)NO)nn2)nn1. The summed E-state index contributed by atoms with van der Waals surface area (Å²) in [6.07, 6.45) is -74.9. The van der Waals surface area contributed by atoms with Gasteiger partial charge < -0.3 is 138 Å². The molecular weight excluding hydrogens is 1820 g/mol. The standard InChI is InChI=1S/C63H84N28O42/c92-29-36(99)57-120-22(8-85-1-15(64-78-85)50(106)71-113)43(29)127-58-37(100)30(93)45(24(121-58)10-87-3-17(66-80-87)52(108)73-115)129-60-39(102)32(95)47(26(123-60)12-89-5-19(68-82-89)54(110)75-117)131-62-41(104)34(97)49(28(125-62)14-91-7-21(70-84-91)56(112)77-119)133-63-42(105)35(98)48(27(126-63)13-90-6-20(69-83-90)55(111)76-118)132-61-40(103)33(96)46(25(124-61)11-88-4-18(67-81-88)53(109)74-116)130-59-38(101)31(94)44(128-57)23(122-59)9-86-2-16(65-79-86)51(107)72-114/h1-7,22-49,57-63,92-105,113-119H,8-14H2,(H,71,106)(H,72,107)(H,73,108)(H,74,109)(H,75,110)(H,76,111)(H,77,112)/t22-,23-,24-,25-,26-,27-,28-,29-,30-,31-,32-,33-,34-,35-,36-,37-,38-,39-,40-,41-,42-,43-,44-,45-,46-,47-,48-,49-,57-,58-,59-,60-,61-,62-,63-/m1/s1. The fourth-order valence-corrected chi connectivity index (χ4v) is 15.5. The lowest BCUT2D eigenvalue weighted by Crippen LogP contribution is -2.68. The van der Waals surface area contributed by atoms with Crippen LogP contribution in [0, 0.1) is 0 Å². The van der Waals surface area contributed by atoms with Gasteiger partial charge in [-0.3, -0.25) is 70.0 Å². The molecular formula is C63H84N28O42. The number of hydroxylamine groups is 7. The molecule has 0 unspecified atom stereocenters. The van der Waals surface area contributed by atoms with Crippen LogP contribution in [0.2, 0.25) is 0 Å². The molecule has 70 nitrogen and oxygen atoms in total. The zero-order valence-electron chi connectivity index (χ0n) is 67.1. The normalized spacial score (nSPS) is 36.7. The molecule has 0 saturated carbocycles. The molecule has 28 heterocycles. The van der Waals surface area contributed by atoms with Gasteiger partial charge in [-0.05, 0) is 0 Å². The van der Waals surface area contributed by atoms with Crippen LogP contribution in [0.15, 0.2) is 43.4 Å². The molecule has 21 aliphatic rings. The Balaban J connectivity index is 0.842. The Kier molecular flexibility index (Phi) is 29.7. The number of aliphatic hydroxyl groups is 14. The number of amides is 7. The van der Waals surface area contributed by atoms with Gasteiger partial charge in [0.15, 0.2) is 83.9 Å². The van der Waals surface area contributed by atoms with E-state index in [0.717, 1.165) is 76.2 Å². The first-order valence-electron chi connectivity index (χ1n) is 39.3. The topological polar surface area (TPSA) is 973 Å². The second kappa shape index (κ2) is 41.0. The predicted octanol–water partition coefficient (Wildman–Crippen LogP) is -19.3. The van der Waals surface area contributed by atoms with E-state index in [1.54, 1.807) is 0 Å². The van der Waals surface area contributed by atoms with Crippen molar-refractivity contribution in [1.82, 2.24) is 143 Å². The van der Waals surface area contributed by atoms with Gasteiger partial charge in [0.2, 0.25) is 0 Å². The number of hydrogen-bond acceptors (Lipinski definition) is 56. The van der Waals surface area contributed by atoms with Crippen molar-refractivity contribution in [2.45, 2.75) is 261 Å². The number of aromatic nitrogens is 21. The molecule has 21 fully saturated rings. The third-order valence-corrected chi connectivity index (χ3v) is 22.2. The van der Waals surface area contributed by atoms with Crippen molar-refractivity contribution < 1.29 is 208 Å². The van der Waals surface area contributed by atoms with E-state index in [4.69, 9.17) is 66.3 Å². The summed E-state index contributed by atoms with van der Waals surface area (Å²) in [5, 5.41) is 294. The van der Waals surface area contributed by atoms with Crippen molar-refractivity contribution in [3.8, 4) is 0 Å². The minimum atomic E-state index is -2.53. The van der Waals surface area contributed by atoms with E-state index in [2.05, 4.69) is 72.2 Å². The maximum Gasteiger partial charge on any atom is 0.296 e. The van der Waals surface area contributed by atoms with Crippen molar-refractivity contribution in [2.75, 3.05) is 0 Å². The number of hydrogen-bond donors (Lipinski definition) is 28. The molecule has 728 valence electrons. The van der Waals surface area contributed by atoms with Crippen LogP contribution in [0.1, 0.15) is 73.4 Å². The summed E-state index contributed by atoms with van der Waals surface area (Å²) in [5.41, 5.74) is 5.21. The summed E-state index contributed by atoms with van der Waals surface area (Å²) in [5.74, 6) is -8.74. The molecule has 0 spiro atoms. The van der Waals surface area contributed by atoms with E-state index in [-0.39, 0.29) is 0 Å². The van der Waals surface area contributed by atoms with Gasteiger partial charge >= 0.3 is 0 Å². The molecule has 70 heteroatoms. The van der Waals surface area contributed by atoms with E-state index < -0.39 is 342 Å². The Hall–Kier alpha value is -11.1. The fourth-order valence-electron chi connectivity index (χ4n) is 15.5. The summed E-state index contributed by atoms with van der Waals surface area (Å²) < 4.78 is 93.9. The molecule has 14 bridgehead atoms. The number of aliphatic hydroxyl groups excluding tert-OH is 14. The lowest BCUT2D eigenvalue weighted by atomic mass is 9.94. The van der Waals surface area contributed by atoms with Gasteiger partial charge in [0.25, 0.3) is 41.4 Å². The lowest BCUT2D eigenvalue weighted by molar-refractivity contribution is -0.395.